The van der Waals surface area contributed by atoms with Crippen molar-refractivity contribution in [3.05, 3.63) is 29.8 Å². The minimum absolute atomic E-state index is 0.159. The van der Waals surface area contributed by atoms with Crippen LogP contribution in [0.2, 0.25) is 0 Å². The van der Waals surface area contributed by atoms with Gasteiger partial charge in [0.15, 0.2) is 5.96 Å². The van der Waals surface area contributed by atoms with Crippen LogP contribution in [0.3, 0.4) is 0 Å². The van der Waals surface area contributed by atoms with Crippen molar-refractivity contribution in [1.29, 1.82) is 0 Å². The van der Waals surface area contributed by atoms with Gasteiger partial charge >= 0.3 is 0 Å². The summed E-state index contributed by atoms with van der Waals surface area (Å²) in [6, 6.07) is 7.91. The number of aliphatic imine (C=N–C) groups is 1. The lowest BCUT2D eigenvalue weighted by Crippen LogP contribution is -2.39. The van der Waals surface area contributed by atoms with Crippen molar-refractivity contribution in [3.8, 4) is 5.75 Å². The smallest absolute Gasteiger partial charge is 0.191 e. The maximum absolute atomic E-state index is 11.1. The minimum Gasteiger partial charge on any atom is -0.492 e. The summed E-state index contributed by atoms with van der Waals surface area (Å²) in [5.74, 6) is 1.67. The summed E-state index contributed by atoms with van der Waals surface area (Å²) >= 11 is 0. The molecular weight excluding hydrogens is 314 g/mol. The van der Waals surface area contributed by atoms with Gasteiger partial charge in [-0.05, 0) is 32.4 Å². The number of ether oxygens (including phenoxy) is 1. The highest BCUT2D eigenvalue weighted by Crippen LogP contribution is 2.10. The Hall–Kier alpha value is -1.76. The molecule has 6 nitrogen and oxygen atoms in total. The van der Waals surface area contributed by atoms with Crippen molar-refractivity contribution < 1.29 is 13.2 Å². The predicted octanol–water partition coefficient (Wildman–Crippen LogP) is 1.36. The second-order valence-electron chi connectivity index (χ2n) is 5.33. The van der Waals surface area contributed by atoms with E-state index in [1.54, 1.807) is 0 Å². The van der Waals surface area contributed by atoms with E-state index in [4.69, 9.17) is 4.74 Å². The Balaban J connectivity index is 2.30. The van der Waals surface area contributed by atoms with Crippen molar-refractivity contribution in [3.63, 3.8) is 0 Å². The monoisotopic (exact) mass is 341 g/mol. The Morgan fingerprint density at radius 2 is 1.91 bits per heavy atom. The molecule has 0 amide bonds. The van der Waals surface area contributed by atoms with Gasteiger partial charge in [0, 0.05) is 19.3 Å². The third kappa shape index (κ3) is 9.78. The third-order valence-corrected chi connectivity index (χ3v) is 4.00. The molecule has 0 aromatic heterocycles. The van der Waals surface area contributed by atoms with Crippen molar-refractivity contribution in [2.24, 2.45) is 4.99 Å². The molecule has 0 aliphatic carbocycles. The van der Waals surface area contributed by atoms with E-state index >= 15 is 0 Å². The predicted molar refractivity (Wildman–Crippen MR) is 95.0 cm³/mol. The number of nitrogens with one attached hydrogen (secondary N) is 2. The molecule has 7 heteroatoms. The van der Waals surface area contributed by atoms with Gasteiger partial charge in [0.2, 0.25) is 0 Å². The molecule has 0 aliphatic rings. The van der Waals surface area contributed by atoms with Crippen molar-refractivity contribution in [2.75, 3.05) is 38.2 Å². The quantitative estimate of drug-likeness (QED) is 0.403. The Labute approximate surface area is 139 Å². The molecule has 2 N–H and O–H groups in total. The molecule has 23 heavy (non-hydrogen) atoms. The minimum atomic E-state index is -2.92. The van der Waals surface area contributed by atoms with Crippen LogP contribution in [0.15, 0.2) is 29.3 Å². The van der Waals surface area contributed by atoms with Crippen LogP contribution < -0.4 is 15.4 Å². The average molecular weight is 341 g/mol. The van der Waals surface area contributed by atoms with Crippen molar-refractivity contribution in [2.45, 2.75) is 20.3 Å². The highest BCUT2D eigenvalue weighted by Gasteiger charge is 2.02. The Morgan fingerprint density at radius 3 is 2.52 bits per heavy atom. The second kappa shape index (κ2) is 10.1. The summed E-state index contributed by atoms with van der Waals surface area (Å²) in [5, 5.41) is 6.28. The topological polar surface area (TPSA) is 79.8 Å². The largest absolute Gasteiger partial charge is 0.492 e. The van der Waals surface area contributed by atoms with E-state index in [0.717, 1.165) is 12.3 Å². The standard InChI is InChI=1S/C16H27N3O3S/c1-4-17-16(18-10-5-13-23(3,20)21)19-11-12-22-15-8-6-14(2)7-9-15/h6-9H,4-5,10-13H2,1-3H3,(H2,17,18,19). The van der Waals surface area contributed by atoms with E-state index < -0.39 is 9.84 Å². The number of hydrogen-bond acceptors (Lipinski definition) is 4. The van der Waals surface area contributed by atoms with Crippen LogP contribution in [0.5, 0.6) is 5.75 Å². The first-order valence-corrected chi connectivity index (χ1v) is 9.86. The van der Waals surface area contributed by atoms with Crippen LogP contribution in [-0.4, -0.2) is 52.6 Å². The first-order chi connectivity index (χ1) is 10.9. The van der Waals surface area contributed by atoms with Crippen LogP contribution >= 0.6 is 0 Å². The van der Waals surface area contributed by atoms with Gasteiger partial charge in [-0.3, -0.25) is 4.99 Å². The zero-order chi connectivity index (χ0) is 17.1. The van der Waals surface area contributed by atoms with Gasteiger partial charge in [0.1, 0.15) is 22.2 Å². The lowest BCUT2D eigenvalue weighted by molar-refractivity contribution is 0.322. The number of hydrogen-bond donors (Lipinski definition) is 2. The highest BCUT2D eigenvalue weighted by molar-refractivity contribution is 7.90. The van der Waals surface area contributed by atoms with Gasteiger partial charge in [0.05, 0.1) is 12.3 Å². The molecular formula is C16H27N3O3S. The number of nitrogens with zero attached hydrogens (tertiary/aromatic N) is 1. The van der Waals surface area contributed by atoms with E-state index in [1.807, 2.05) is 38.1 Å². The molecule has 0 fully saturated rings. The summed E-state index contributed by atoms with van der Waals surface area (Å²) in [6.07, 6.45) is 1.76. The Kier molecular flexibility index (Phi) is 8.47. The molecule has 1 aromatic carbocycles. The summed E-state index contributed by atoms with van der Waals surface area (Å²) in [7, 11) is -2.92. The molecule has 1 rings (SSSR count). The van der Waals surface area contributed by atoms with Gasteiger partial charge in [0.25, 0.3) is 0 Å². The Morgan fingerprint density at radius 1 is 1.22 bits per heavy atom. The summed E-state index contributed by atoms with van der Waals surface area (Å²) in [4.78, 5) is 4.35. The van der Waals surface area contributed by atoms with Crippen LogP contribution in [0.1, 0.15) is 18.9 Å². The van der Waals surface area contributed by atoms with Crippen molar-refractivity contribution >= 4 is 15.8 Å². The molecule has 0 atom stereocenters. The number of sulfone groups is 1. The molecule has 0 saturated heterocycles. The van der Waals surface area contributed by atoms with Gasteiger partial charge in [-0.1, -0.05) is 17.7 Å². The van der Waals surface area contributed by atoms with Crippen LogP contribution in [-0.2, 0) is 9.84 Å². The zero-order valence-electron chi connectivity index (χ0n) is 14.1. The van der Waals surface area contributed by atoms with Crippen molar-refractivity contribution in [1.82, 2.24) is 10.6 Å². The van der Waals surface area contributed by atoms with Gasteiger partial charge in [-0.2, -0.15) is 0 Å². The van der Waals surface area contributed by atoms with Crippen LogP contribution in [0.25, 0.3) is 0 Å². The van der Waals surface area contributed by atoms with Gasteiger partial charge in [-0.15, -0.1) is 0 Å². The maximum Gasteiger partial charge on any atom is 0.191 e. The second-order valence-corrected chi connectivity index (χ2v) is 7.59. The molecule has 1 aromatic rings. The lowest BCUT2D eigenvalue weighted by Gasteiger charge is -2.12. The van der Waals surface area contributed by atoms with E-state index in [2.05, 4.69) is 15.6 Å². The van der Waals surface area contributed by atoms with E-state index in [0.29, 0.717) is 32.1 Å². The van der Waals surface area contributed by atoms with Gasteiger partial charge in [-0.25, -0.2) is 8.42 Å². The molecule has 0 bridgehead atoms. The van der Waals surface area contributed by atoms with E-state index in [1.165, 1.54) is 11.8 Å². The first kappa shape index (κ1) is 19.3. The van der Waals surface area contributed by atoms with Gasteiger partial charge < -0.3 is 15.4 Å². The molecule has 0 unspecified atom stereocenters. The Bertz CT molecular complexity index is 583. The summed E-state index contributed by atoms with van der Waals surface area (Å²) in [6.45, 7) is 6.38. The summed E-state index contributed by atoms with van der Waals surface area (Å²) in [5.41, 5.74) is 1.20. The number of benzene rings is 1. The highest BCUT2D eigenvalue weighted by atomic mass is 32.2. The molecule has 0 heterocycles. The molecule has 0 saturated carbocycles. The molecule has 0 spiro atoms. The maximum atomic E-state index is 11.1. The average Bonchev–Trinajstić information content (AvgIpc) is 2.48. The van der Waals surface area contributed by atoms with E-state index in [9.17, 15) is 8.42 Å². The molecule has 0 aliphatic heterocycles. The van der Waals surface area contributed by atoms with Crippen LogP contribution in [0.4, 0.5) is 0 Å². The number of guanidine groups is 1. The fourth-order valence-electron chi connectivity index (χ4n) is 1.83. The first-order valence-electron chi connectivity index (χ1n) is 7.80. The third-order valence-electron chi connectivity index (χ3n) is 2.97. The fourth-order valence-corrected chi connectivity index (χ4v) is 2.49. The van der Waals surface area contributed by atoms with E-state index in [-0.39, 0.29) is 5.75 Å². The fraction of sp³-hybridized carbons (Fsp3) is 0.562. The molecule has 130 valence electrons. The lowest BCUT2D eigenvalue weighted by atomic mass is 10.2. The summed E-state index contributed by atoms with van der Waals surface area (Å²) < 4.78 is 27.8. The SMILES string of the molecule is CCNC(=NCCCS(C)(=O)=O)NCCOc1ccc(C)cc1. The molecule has 0 radical (unpaired) electrons. The van der Waals surface area contributed by atoms with Crippen LogP contribution in [0, 0.1) is 6.92 Å². The number of rotatable bonds is 9. The normalized spacial score (nSPS) is 12.0. The zero-order valence-corrected chi connectivity index (χ0v) is 14.9. The number of aryl methyl sites for hydroxylation is 1.